The molecule has 158 valence electrons. The molecule has 1 aliphatic rings. The van der Waals surface area contributed by atoms with E-state index in [1.807, 2.05) is 6.92 Å². The minimum atomic E-state index is -0.938. The van der Waals surface area contributed by atoms with E-state index in [-0.39, 0.29) is 36.2 Å². The first-order chi connectivity index (χ1) is 12.9. The lowest BCUT2D eigenvalue weighted by molar-refractivity contribution is -0.385. The predicted molar refractivity (Wildman–Crippen MR) is 119 cm³/mol. The van der Waals surface area contributed by atoms with Crippen molar-refractivity contribution < 1.29 is 14.8 Å². The molecule has 0 aromatic heterocycles. The molecular weight excluding hydrogens is 477 g/mol. The van der Waals surface area contributed by atoms with Gasteiger partial charge < -0.3 is 20.5 Å². The number of rotatable bonds is 8. The summed E-state index contributed by atoms with van der Waals surface area (Å²) in [6.45, 7) is 8.37. The van der Waals surface area contributed by atoms with Gasteiger partial charge in [0.2, 0.25) is 0 Å². The van der Waals surface area contributed by atoms with Crippen LogP contribution in [0.1, 0.15) is 19.4 Å². The standard InChI is InChI=1S/C18H29N5O4.HI/c1-3-19-17(20-12-15-6-4-5-7-16(15)23(25)26)21-13-18(2,24)14-22-8-10-27-11-9-22;/h4-7,24H,3,8-14H2,1-2H3,(H2,19,20,21);1H. The van der Waals surface area contributed by atoms with Gasteiger partial charge in [-0.1, -0.05) is 18.2 Å². The van der Waals surface area contributed by atoms with Gasteiger partial charge in [-0.05, 0) is 13.8 Å². The third-order valence-electron chi connectivity index (χ3n) is 4.24. The Balaban J connectivity index is 0.00000392. The highest BCUT2D eigenvalue weighted by Gasteiger charge is 2.25. The third-order valence-corrected chi connectivity index (χ3v) is 4.24. The average molecular weight is 507 g/mol. The smallest absolute Gasteiger partial charge is 0.274 e. The number of β-amino-alcohol motifs (C(OH)–C–C–N with tert-alkyl or cyclic N) is 1. The summed E-state index contributed by atoms with van der Waals surface area (Å²) in [7, 11) is 0. The summed E-state index contributed by atoms with van der Waals surface area (Å²) in [5.74, 6) is 0.512. The summed E-state index contributed by atoms with van der Waals surface area (Å²) in [4.78, 5) is 17.3. The molecule has 1 aromatic carbocycles. The molecule has 0 radical (unpaired) electrons. The number of nitrogens with one attached hydrogen (secondary N) is 2. The van der Waals surface area contributed by atoms with Crippen LogP contribution >= 0.6 is 24.0 Å². The van der Waals surface area contributed by atoms with Gasteiger partial charge in [-0.25, -0.2) is 4.99 Å². The van der Waals surface area contributed by atoms with Gasteiger partial charge in [0.1, 0.15) is 0 Å². The first-order valence-electron chi connectivity index (χ1n) is 9.18. The van der Waals surface area contributed by atoms with E-state index < -0.39 is 10.5 Å². The monoisotopic (exact) mass is 507 g/mol. The number of para-hydroxylation sites is 1. The number of nitrogens with zero attached hydrogens (tertiary/aromatic N) is 3. The van der Waals surface area contributed by atoms with Crippen molar-refractivity contribution in [1.29, 1.82) is 0 Å². The maximum atomic E-state index is 11.1. The lowest BCUT2D eigenvalue weighted by Gasteiger charge is -2.34. The fraction of sp³-hybridized carbons (Fsp3) is 0.611. The number of morpholine rings is 1. The number of ether oxygens (including phenoxy) is 1. The van der Waals surface area contributed by atoms with Crippen LogP contribution in [0.15, 0.2) is 29.3 Å². The maximum absolute atomic E-state index is 11.1. The zero-order valence-electron chi connectivity index (χ0n) is 16.4. The fourth-order valence-electron chi connectivity index (χ4n) is 2.90. The Kier molecular flexibility index (Phi) is 10.6. The van der Waals surface area contributed by atoms with Crippen LogP contribution < -0.4 is 10.6 Å². The van der Waals surface area contributed by atoms with Gasteiger partial charge in [0.05, 0.1) is 35.8 Å². The molecule has 0 aliphatic carbocycles. The normalized spacial score (nSPS) is 17.3. The Labute approximate surface area is 182 Å². The molecule has 1 aliphatic heterocycles. The molecule has 1 unspecified atom stereocenters. The van der Waals surface area contributed by atoms with Crippen LogP contribution in [0.25, 0.3) is 0 Å². The number of benzene rings is 1. The van der Waals surface area contributed by atoms with Crippen LogP contribution in [0.3, 0.4) is 0 Å². The number of nitro groups is 1. The van der Waals surface area contributed by atoms with Crippen molar-refractivity contribution in [2.75, 3.05) is 45.9 Å². The summed E-state index contributed by atoms with van der Waals surface area (Å²) in [5, 5.41) is 28.0. The topological polar surface area (TPSA) is 112 Å². The lowest BCUT2D eigenvalue weighted by atomic mass is 10.1. The second-order valence-electron chi connectivity index (χ2n) is 6.82. The van der Waals surface area contributed by atoms with E-state index in [4.69, 9.17) is 4.74 Å². The van der Waals surface area contributed by atoms with Crippen LogP contribution in [0.5, 0.6) is 0 Å². The second kappa shape index (κ2) is 12.1. The average Bonchev–Trinajstić information content (AvgIpc) is 2.64. The predicted octanol–water partition coefficient (Wildman–Crippen LogP) is 1.35. The number of hydrogen-bond acceptors (Lipinski definition) is 6. The lowest BCUT2D eigenvalue weighted by Crippen LogP contribution is -2.52. The summed E-state index contributed by atoms with van der Waals surface area (Å²) >= 11 is 0. The Hall–Kier alpha value is -1.50. The van der Waals surface area contributed by atoms with Crippen molar-refractivity contribution in [3.05, 3.63) is 39.9 Å². The Bertz CT molecular complexity index is 651. The first-order valence-corrected chi connectivity index (χ1v) is 9.18. The van der Waals surface area contributed by atoms with Gasteiger partial charge in [0.15, 0.2) is 5.96 Å². The summed E-state index contributed by atoms with van der Waals surface area (Å²) in [5.41, 5.74) is -0.345. The van der Waals surface area contributed by atoms with Crippen LogP contribution in [0, 0.1) is 10.1 Å². The van der Waals surface area contributed by atoms with Crippen LogP contribution in [-0.2, 0) is 11.3 Å². The first kappa shape index (κ1) is 24.5. The fourth-order valence-corrected chi connectivity index (χ4v) is 2.90. The molecule has 28 heavy (non-hydrogen) atoms. The highest BCUT2D eigenvalue weighted by molar-refractivity contribution is 14.0. The van der Waals surface area contributed by atoms with Gasteiger partial charge in [-0.15, -0.1) is 24.0 Å². The number of aliphatic imine (C=N–C) groups is 1. The molecule has 1 aromatic rings. The van der Waals surface area contributed by atoms with Crippen molar-refractivity contribution >= 4 is 35.6 Å². The van der Waals surface area contributed by atoms with E-state index in [0.29, 0.717) is 44.4 Å². The zero-order chi connectivity index (χ0) is 19.7. The number of halogens is 1. The summed E-state index contributed by atoms with van der Waals surface area (Å²) in [6, 6.07) is 6.56. The van der Waals surface area contributed by atoms with Gasteiger partial charge in [0, 0.05) is 38.8 Å². The van der Waals surface area contributed by atoms with Crippen LogP contribution in [-0.4, -0.2) is 72.4 Å². The largest absolute Gasteiger partial charge is 0.387 e. The molecule has 1 heterocycles. The third kappa shape index (κ3) is 8.25. The van der Waals surface area contributed by atoms with E-state index in [2.05, 4.69) is 20.5 Å². The van der Waals surface area contributed by atoms with E-state index >= 15 is 0 Å². The SMILES string of the molecule is CCNC(=NCc1ccccc1[N+](=O)[O-])NCC(C)(O)CN1CCOCC1.I. The minimum Gasteiger partial charge on any atom is -0.387 e. The molecule has 0 amide bonds. The zero-order valence-corrected chi connectivity index (χ0v) is 18.7. The number of guanidine groups is 1. The van der Waals surface area contributed by atoms with Crippen molar-refractivity contribution in [1.82, 2.24) is 15.5 Å². The molecule has 10 heteroatoms. The van der Waals surface area contributed by atoms with Gasteiger partial charge in [-0.3, -0.25) is 15.0 Å². The quantitative estimate of drug-likeness (QED) is 0.160. The number of nitro benzene ring substituents is 1. The van der Waals surface area contributed by atoms with Gasteiger partial charge in [-0.2, -0.15) is 0 Å². The van der Waals surface area contributed by atoms with E-state index in [1.165, 1.54) is 6.07 Å². The molecule has 0 bridgehead atoms. The molecule has 0 spiro atoms. The van der Waals surface area contributed by atoms with E-state index in [0.717, 1.165) is 13.1 Å². The summed E-state index contributed by atoms with van der Waals surface area (Å²) < 4.78 is 5.33. The van der Waals surface area contributed by atoms with Crippen molar-refractivity contribution in [3.8, 4) is 0 Å². The van der Waals surface area contributed by atoms with E-state index in [1.54, 1.807) is 25.1 Å². The van der Waals surface area contributed by atoms with E-state index in [9.17, 15) is 15.2 Å². The number of aliphatic hydroxyl groups is 1. The van der Waals surface area contributed by atoms with Gasteiger partial charge in [0.25, 0.3) is 5.69 Å². The molecule has 9 nitrogen and oxygen atoms in total. The minimum absolute atomic E-state index is 0. The maximum Gasteiger partial charge on any atom is 0.274 e. The van der Waals surface area contributed by atoms with Gasteiger partial charge >= 0.3 is 0 Å². The highest BCUT2D eigenvalue weighted by atomic mass is 127. The molecular formula is C18H30IN5O4. The van der Waals surface area contributed by atoms with Crippen molar-refractivity contribution in [3.63, 3.8) is 0 Å². The molecule has 0 saturated carbocycles. The van der Waals surface area contributed by atoms with Crippen molar-refractivity contribution in [2.45, 2.75) is 26.0 Å². The molecule has 3 N–H and O–H groups in total. The summed E-state index contributed by atoms with van der Waals surface area (Å²) in [6.07, 6.45) is 0. The number of hydrogen-bond donors (Lipinski definition) is 3. The molecule has 1 fully saturated rings. The van der Waals surface area contributed by atoms with Crippen LogP contribution in [0.4, 0.5) is 5.69 Å². The molecule has 1 atom stereocenters. The van der Waals surface area contributed by atoms with Crippen LogP contribution in [0.2, 0.25) is 0 Å². The highest BCUT2D eigenvalue weighted by Crippen LogP contribution is 2.18. The Morgan fingerprint density at radius 2 is 2.04 bits per heavy atom. The van der Waals surface area contributed by atoms with Crippen molar-refractivity contribution in [2.24, 2.45) is 4.99 Å². The Morgan fingerprint density at radius 3 is 2.68 bits per heavy atom. The molecule has 1 saturated heterocycles. The second-order valence-corrected chi connectivity index (χ2v) is 6.82. The Morgan fingerprint density at radius 1 is 1.36 bits per heavy atom. The molecule has 2 rings (SSSR count).